The third kappa shape index (κ3) is 4.86. The Kier molecular flexibility index (Phi) is 6.40. The van der Waals surface area contributed by atoms with Crippen LogP contribution in [0, 0.1) is 18.7 Å². The summed E-state index contributed by atoms with van der Waals surface area (Å²) in [5.41, 5.74) is 1.68. The molecule has 0 aromatic heterocycles. The van der Waals surface area contributed by atoms with E-state index in [1.54, 1.807) is 32.0 Å². The summed E-state index contributed by atoms with van der Waals surface area (Å²) >= 11 is 0. The molecule has 0 bridgehead atoms. The number of sulfonamides is 1. The van der Waals surface area contributed by atoms with Crippen LogP contribution < -0.4 is 15.4 Å². The van der Waals surface area contributed by atoms with Crippen LogP contribution in [-0.2, 0) is 26.2 Å². The van der Waals surface area contributed by atoms with Crippen LogP contribution in [0.4, 0.5) is 10.1 Å². The van der Waals surface area contributed by atoms with Gasteiger partial charge in [0.25, 0.3) is 5.91 Å². The molecule has 0 saturated carbocycles. The van der Waals surface area contributed by atoms with Gasteiger partial charge in [-0.2, -0.15) is 4.31 Å². The summed E-state index contributed by atoms with van der Waals surface area (Å²) in [7, 11) is -3.88. The minimum Gasteiger partial charge on any atom is -0.479 e. The predicted molar refractivity (Wildman–Crippen MR) is 120 cm³/mol. The number of rotatable bonds is 5. The van der Waals surface area contributed by atoms with E-state index in [9.17, 15) is 22.4 Å². The van der Waals surface area contributed by atoms with E-state index in [1.165, 1.54) is 22.5 Å². The number of nitrogens with one attached hydrogen (secondary N) is 2. The van der Waals surface area contributed by atoms with E-state index in [4.69, 9.17) is 4.74 Å². The fourth-order valence-corrected chi connectivity index (χ4v) is 5.82. The Bertz CT molecular complexity index is 1180. The van der Waals surface area contributed by atoms with Crippen molar-refractivity contribution in [1.29, 1.82) is 0 Å². The molecule has 0 spiro atoms. The summed E-state index contributed by atoms with van der Waals surface area (Å²) in [4.78, 5) is 24.6. The molecular formula is C23H26FN3O5S. The highest BCUT2D eigenvalue weighted by Crippen LogP contribution is 2.36. The number of amides is 2. The molecular weight excluding hydrogens is 449 g/mol. The Balaban J connectivity index is 1.48. The van der Waals surface area contributed by atoms with Crippen LogP contribution in [0.3, 0.4) is 0 Å². The molecule has 4 rings (SSSR count). The summed E-state index contributed by atoms with van der Waals surface area (Å²) in [5.74, 6) is -1.05. The molecule has 0 radical (unpaired) electrons. The van der Waals surface area contributed by atoms with Crippen LogP contribution in [0.15, 0.2) is 41.3 Å². The van der Waals surface area contributed by atoms with Crippen molar-refractivity contribution in [2.75, 3.05) is 18.4 Å². The lowest BCUT2D eigenvalue weighted by Gasteiger charge is -2.32. The first-order chi connectivity index (χ1) is 15.6. The van der Waals surface area contributed by atoms with Gasteiger partial charge < -0.3 is 15.4 Å². The van der Waals surface area contributed by atoms with Gasteiger partial charge in [-0.3, -0.25) is 9.59 Å². The number of ether oxygens (including phenoxy) is 1. The SMILES string of the molecule is Cc1cc2c(cc1S(=O)(=O)N1CCC[C@H](C(=O)NCc3ccc(F)cc3)C1)O[C@@H](C)C(=O)N2. The zero-order chi connectivity index (χ0) is 23.8. The minimum atomic E-state index is -3.88. The van der Waals surface area contributed by atoms with Crippen molar-refractivity contribution in [2.24, 2.45) is 5.92 Å². The number of carbonyl (C=O) groups excluding carboxylic acids is 2. The molecule has 2 aliphatic rings. The first-order valence-corrected chi connectivity index (χ1v) is 12.2. The lowest BCUT2D eigenvalue weighted by Crippen LogP contribution is -2.45. The average molecular weight is 476 g/mol. The first-order valence-electron chi connectivity index (χ1n) is 10.8. The number of nitrogens with zero attached hydrogens (tertiary/aromatic N) is 1. The van der Waals surface area contributed by atoms with Crippen LogP contribution in [0.25, 0.3) is 0 Å². The van der Waals surface area contributed by atoms with Crippen molar-refractivity contribution in [2.45, 2.75) is 44.2 Å². The van der Waals surface area contributed by atoms with Crippen molar-refractivity contribution < 1.29 is 27.1 Å². The number of piperidine rings is 1. The first kappa shape index (κ1) is 23.2. The van der Waals surface area contributed by atoms with E-state index >= 15 is 0 Å². The highest BCUT2D eigenvalue weighted by molar-refractivity contribution is 7.89. The summed E-state index contributed by atoms with van der Waals surface area (Å²) in [5, 5.41) is 5.53. The molecule has 2 atom stereocenters. The largest absolute Gasteiger partial charge is 0.479 e. The van der Waals surface area contributed by atoms with Crippen LogP contribution in [0.5, 0.6) is 5.75 Å². The van der Waals surface area contributed by atoms with Gasteiger partial charge in [0.2, 0.25) is 15.9 Å². The second kappa shape index (κ2) is 9.11. The Hall–Kier alpha value is -2.98. The third-order valence-electron chi connectivity index (χ3n) is 5.96. The fraction of sp³-hybridized carbons (Fsp3) is 0.391. The second-order valence-electron chi connectivity index (χ2n) is 8.41. The van der Waals surface area contributed by atoms with E-state index < -0.39 is 22.0 Å². The maximum absolute atomic E-state index is 13.4. The summed E-state index contributed by atoms with van der Waals surface area (Å²) in [6.45, 7) is 3.88. The molecule has 1 fully saturated rings. The van der Waals surface area contributed by atoms with E-state index in [1.807, 2.05) is 0 Å². The highest BCUT2D eigenvalue weighted by atomic mass is 32.2. The Morgan fingerprint density at radius 1 is 1.27 bits per heavy atom. The molecule has 2 aromatic carbocycles. The molecule has 8 nitrogen and oxygen atoms in total. The van der Waals surface area contributed by atoms with E-state index in [-0.39, 0.29) is 35.6 Å². The second-order valence-corrected chi connectivity index (χ2v) is 10.3. The standard InChI is InChI=1S/C23H26FN3O5S/c1-14-10-19-20(32-15(2)22(28)26-19)11-21(14)33(30,31)27-9-3-4-17(13-27)23(29)25-12-16-5-7-18(24)8-6-16/h5-8,10-11,15,17H,3-4,9,12-13H2,1-2H3,(H,25,29)(H,26,28)/t15-,17-/m0/s1. The van der Waals surface area contributed by atoms with Gasteiger partial charge >= 0.3 is 0 Å². The molecule has 2 aliphatic heterocycles. The van der Waals surface area contributed by atoms with Crippen molar-refractivity contribution in [3.8, 4) is 5.75 Å². The molecule has 1 saturated heterocycles. The minimum absolute atomic E-state index is 0.0715. The third-order valence-corrected chi connectivity index (χ3v) is 7.97. The monoisotopic (exact) mass is 475 g/mol. The van der Waals surface area contributed by atoms with Crippen LogP contribution >= 0.6 is 0 Å². The van der Waals surface area contributed by atoms with Gasteiger partial charge in [-0.1, -0.05) is 12.1 Å². The summed E-state index contributed by atoms with van der Waals surface area (Å²) in [6, 6.07) is 8.87. The van der Waals surface area contributed by atoms with Gasteiger partial charge in [-0.25, -0.2) is 12.8 Å². The van der Waals surface area contributed by atoms with Gasteiger partial charge in [0.1, 0.15) is 11.6 Å². The number of halogens is 1. The average Bonchev–Trinajstić information content (AvgIpc) is 2.79. The molecule has 2 heterocycles. The summed E-state index contributed by atoms with van der Waals surface area (Å²) < 4.78 is 46.8. The maximum atomic E-state index is 13.4. The lowest BCUT2D eigenvalue weighted by atomic mass is 9.99. The molecule has 2 amide bonds. The Labute approximate surface area is 192 Å². The number of carbonyl (C=O) groups is 2. The van der Waals surface area contributed by atoms with Crippen molar-refractivity contribution >= 4 is 27.5 Å². The van der Waals surface area contributed by atoms with Gasteiger partial charge in [0.15, 0.2) is 6.10 Å². The molecule has 2 aromatic rings. The smallest absolute Gasteiger partial charge is 0.265 e. The zero-order valence-corrected chi connectivity index (χ0v) is 19.2. The molecule has 0 unspecified atom stereocenters. The van der Waals surface area contributed by atoms with Crippen molar-refractivity contribution in [3.05, 3.63) is 53.3 Å². The van der Waals surface area contributed by atoms with Crippen LogP contribution in [0.1, 0.15) is 30.9 Å². The Morgan fingerprint density at radius 3 is 2.73 bits per heavy atom. The predicted octanol–water partition coefficient (Wildman–Crippen LogP) is 2.57. The number of anilines is 1. The molecule has 2 N–H and O–H groups in total. The highest BCUT2D eigenvalue weighted by Gasteiger charge is 2.35. The van der Waals surface area contributed by atoms with Crippen LogP contribution in [-0.4, -0.2) is 43.7 Å². The zero-order valence-electron chi connectivity index (χ0n) is 18.4. The number of benzene rings is 2. The topological polar surface area (TPSA) is 105 Å². The van der Waals surface area contributed by atoms with E-state index in [0.717, 1.165) is 5.56 Å². The number of hydrogen-bond acceptors (Lipinski definition) is 5. The van der Waals surface area contributed by atoms with Gasteiger partial charge in [0.05, 0.1) is 16.5 Å². The molecule has 33 heavy (non-hydrogen) atoms. The normalized spacial score (nSPS) is 21.0. The lowest BCUT2D eigenvalue weighted by molar-refractivity contribution is -0.126. The van der Waals surface area contributed by atoms with Gasteiger partial charge in [-0.05, 0) is 56.0 Å². The Morgan fingerprint density at radius 2 is 2.00 bits per heavy atom. The molecule has 176 valence electrons. The summed E-state index contributed by atoms with van der Waals surface area (Å²) in [6.07, 6.45) is 0.415. The van der Waals surface area contributed by atoms with Gasteiger partial charge in [0, 0.05) is 25.7 Å². The van der Waals surface area contributed by atoms with E-state index in [0.29, 0.717) is 36.4 Å². The van der Waals surface area contributed by atoms with Crippen LogP contribution in [0.2, 0.25) is 0 Å². The number of fused-ring (bicyclic) bond motifs is 1. The van der Waals surface area contributed by atoms with Gasteiger partial charge in [-0.15, -0.1) is 0 Å². The quantitative estimate of drug-likeness (QED) is 0.692. The fourth-order valence-electron chi connectivity index (χ4n) is 4.07. The number of aryl methyl sites for hydroxylation is 1. The molecule has 10 heteroatoms. The maximum Gasteiger partial charge on any atom is 0.265 e. The number of hydrogen-bond donors (Lipinski definition) is 2. The molecule has 0 aliphatic carbocycles. The van der Waals surface area contributed by atoms with Crippen molar-refractivity contribution in [3.63, 3.8) is 0 Å². The van der Waals surface area contributed by atoms with Crippen molar-refractivity contribution in [1.82, 2.24) is 9.62 Å². The van der Waals surface area contributed by atoms with E-state index in [2.05, 4.69) is 10.6 Å².